The van der Waals surface area contributed by atoms with Crippen LogP contribution in [0.25, 0.3) is 22.1 Å². The summed E-state index contributed by atoms with van der Waals surface area (Å²) in [4.78, 5) is 28.3. The summed E-state index contributed by atoms with van der Waals surface area (Å²) >= 11 is 5.79. The van der Waals surface area contributed by atoms with Crippen LogP contribution in [0.2, 0.25) is 0 Å². The molecule has 2 heterocycles. The second-order valence-electron chi connectivity index (χ2n) is 4.48. The van der Waals surface area contributed by atoms with Crippen LogP contribution in [0.4, 0.5) is 0 Å². The maximum atomic E-state index is 12.4. The highest BCUT2D eigenvalue weighted by Crippen LogP contribution is 2.19. The van der Waals surface area contributed by atoms with Crippen molar-refractivity contribution >= 4 is 39.5 Å². The van der Waals surface area contributed by atoms with Gasteiger partial charge in [0.1, 0.15) is 5.58 Å². The molecule has 1 unspecified atom stereocenters. The van der Waals surface area contributed by atoms with Gasteiger partial charge < -0.3 is 4.42 Å². The number of aromatic nitrogens is 1. The van der Waals surface area contributed by atoms with E-state index in [0.717, 1.165) is 0 Å². The first kappa shape index (κ1) is 12.8. The van der Waals surface area contributed by atoms with Crippen LogP contribution in [0.5, 0.6) is 0 Å². The van der Waals surface area contributed by atoms with E-state index in [-0.39, 0.29) is 16.9 Å². The number of carbonyl (C=O) groups is 1. The Labute approximate surface area is 119 Å². The Morgan fingerprint density at radius 3 is 2.85 bits per heavy atom. The standard InChI is InChI=1S/C15H10ClNO3/c1-8(16)13(18)9-4-5-12-11(7-9)14(19)10-3-2-6-17-15(10)20-12/h2-8H,1H3. The highest BCUT2D eigenvalue weighted by Gasteiger charge is 2.15. The van der Waals surface area contributed by atoms with Crippen molar-refractivity contribution in [2.75, 3.05) is 0 Å². The van der Waals surface area contributed by atoms with Gasteiger partial charge in [0.25, 0.3) is 0 Å². The largest absolute Gasteiger partial charge is 0.437 e. The first-order valence-corrected chi connectivity index (χ1v) is 6.51. The molecule has 0 aliphatic heterocycles. The average molecular weight is 288 g/mol. The van der Waals surface area contributed by atoms with E-state index in [1.165, 1.54) is 6.07 Å². The van der Waals surface area contributed by atoms with E-state index in [9.17, 15) is 9.59 Å². The van der Waals surface area contributed by atoms with Gasteiger partial charge in [-0.05, 0) is 37.3 Å². The number of nitrogens with zero attached hydrogens (tertiary/aromatic N) is 1. The van der Waals surface area contributed by atoms with Gasteiger partial charge in [-0.15, -0.1) is 11.6 Å². The number of rotatable bonds is 2. The number of hydrogen-bond acceptors (Lipinski definition) is 4. The van der Waals surface area contributed by atoms with E-state index in [1.807, 2.05) is 0 Å². The highest BCUT2D eigenvalue weighted by atomic mass is 35.5. The molecule has 2 aromatic heterocycles. The third-order valence-corrected chi connectivity index (χ3v) is 3.29. The summed E-state index contributed by atoms with van der Waals surface area (Å²) in [6.07, 6.45) is 1.56. The monoisotopic (exact) mass is 287 g/mol. The van der Waals surface area contributed by atoms with E-state index < -0.39 is 5.38 Å². The Hall–Kier alpha value is -2.20. The number of Topliss-reactive ketones (excluding diaryl/α,β-unsaturated/α-hetero) is 1. The van der Waals surface area contributed by atoms with Gasteiger partial charge in [-0.25, -0.2) is 4.98 Å². The molecule has 5 heteroatoms. The molecule has 0 fully saturated rings. The third-order valence-electron chi connectivity index (χ3n) is 3.09. The maximum Gasteiger partial charge on any atom is 0.230 e. The van der Waals surface area contributed by atoms with Gasteiger partial charge in [-0.1, -0.05) is 0 Å². The molecule has 0 aliphatic carbocycles. The number of carbonyl (C=O) groups excluding carboxylic acids is 1. The lowest BCUT2D eigenvalue weighted by atomic mass is 10.1. The predicted molar refractivity (Wildman–Crippen MR) is 77.4 cm³/mol. The van der Waals surface area contributed by atoms with Crippen LogP contribution >= 0.6 is 11.6 Å². The Balaban J connectivity index is 2.34. The smallest absolute Gasteiger partial charge is 0.230 e. The molecule has 0 saturated carbocycles. The van der Waals surface area contributed by atoms with Gasteiger partial charge in [-0.3, -0.25) is 9.59 Å². The number of alkyl halides is 1. The molecule has 0 bridgehead atoms. The van der Waals surface area contributed by atoms with E-state index in [0.29, 0.717) is 21.9 Å². The minimum Gasteiger partial charge on any atom is -0.437 e. The molecule has 4 nitrogen and oxygen atoms in total. The zero-order valence-corrected chi connectivity index (χ0v) is 11.3. The van der Waals surface area contributed by atoms with E-state index in [4.69, 9.17) is 16.0 Å². The van der Waals surface area contributed by atoms with Crippen LogP contribution in [0.15, 0.2) is 45.7 Å². The van der Waals surface area contributed by atoms with Crippen LogP contribution in [0.1, 0.15) is 17.3 Å². The fraction of sp³-hybridized carbons (Fsp3) is 0.133. The molecule has 0 aliphatic rings. The molecule has 3 aromatic rings. The quantitative estimate of drug-likeness (QED) is 0.413. The Morgan fingerprint density at radius 2 is 2.10 bits per heavy atom. The first-order chi connectivity index (χ1) is 9.58. The van der Waals surface area contributed by atoms with E-state index in [2.05, 4.69) is 4.98 Å². The lowest BCUT2D eigenvalue weighted by molar-refractivity contribution is 0.0992. The van der Waals surface area contributed by atoms with E-state index in [1.54, 1.807) is 37.4 Å². The van der Waals surface area contributed by atoms with Gasteiger partial charge in [0.15, 0.2) is 5.78 Å². The molecule has 0 N–H and O–H groups in total. The lowest BCUT2D eigenvalue weighted by Crippen LogP contribution is -2.11. The number of ketones is 1. The van der Waals surface area contributed by atoms with Crippen molar-refractivity contribution in [3.8, 4) is 0 Å². The molecular formula is C15H10ClNO3. The van der Waals surface area contributed by atoms with Crippen molar-refractivity contribution in [1.29, 1.82) is 0 Å². The number of hydrogen-bond donors (Lipinski definition) is 0. The molecule has 20 heavy (non-hydrogen) atoms. The molecule has 3 rings (SSSR count). The molecule has 1 aromatic carbocycles. The topological polar surface area (TPSA) is 60.2 Å². The minimum absolute atomic E-state index is 0.203. The molecule has 0 amide bonds. The van der Waals surface area contributed by atoms with Crippen molar-refractivity contribution in [3.05, 3.63) is 52.3 Å². The minimum atomic E-state index is -0.637. The fourth-order valence-corrected chi connectivity index (χ4v) is 2.20. The number of halogens is 1. The van der Waals surface area contributed by atoms with Crippen molar-refractivity contribution in [1.82, 2.24) is 4.98 Å². The summed E-state index contributed by atoms with van der Waals surface area (Å²) in [7, 11) is 0. The SMILES string of the molecule is CC(Cl)C(=O)c1ccc2oc3ncccc3c(=O)c2c1. The van der Waals surface area contributed by atoms with Crippen LogP contribution in [-0.4, -0.2) is 16.1 Å². The summed E-state index contributed by atoms with van der Waals surface area (Å²) < 4.78 is 5.57. The van der Waals surface area contributed by atoms with Crippen LogP contribution in [-0.2, 0) is 0 Å². The van der Waals surface area contributed by atoms with Gasteiger partial charge >= 0.3 is 0 Å². The normalized spacial score (nSPS) is 12.7. The summed E-state index contributed by atoms with van der Waals surface area (Å²) in [6.45, 7) is 1.60. The lowest BCUT2D eigenvalue weighted by Gasteiger charge is -2.04. The molecule has 1 atom stereocenters. The summed E-state index contributed by atoms with van der Waals surface area (Å²) in [6, 6.07) is 8.03. The average Bonchev–Trinajstić information content (AvgIpc) is 2.46. The van der Waals surface area contributed by atoms with E-state index >= 15 is 0 Å². The number of benzene rings is 1. The second kappa shape index (κ2) is 4.72. The van der Waals surface area contributed by atoms with Gasteiger partial charge in [0.05, 0.1) is 16.1 Å². The van der Waals surface area contributed by atoms with Gasteiger partial charge in [0, 0.05) is 11.8 Å². The number of pyridine rings is 1. The van der Waals surface area contributed by atoms with Crippen molar-refractivity contribution < 1.29 is 9.21 Å². The predicted octanol–water partition coefficient (Wildman–Crippen LogP) is 3.15. The molecule has 100 valence electrons. The number of fused-ring (bicyclic) bond motifs is 2. The molecule has 0 spiro atoms. The van der Waals surface area contributed by atoms with Gasteiger partial charge in [0.2, 0.25) is 11.1 Å². The molecular weight excluding hydrogens is 278 g/mol. The zero-order chi connectivity index (χ0) is 14.3. The Kier molecular flexibility index (Phi) is 3.03. The maximum absolute atomic E-state index is 12.4. The Morgan fingerprint density at radius 1 is 1.30 bits per heavy atom. The Bertz CT molecular complexity index is 883. The van der Waals surface area contributed by atoms with Crippen LogP contribution in [0.3, 0.4) is 0 Å². The molecule has 0 radical (unpaired) electrons. The second-order valence-corrected chi connectivity index (χ2v) is 5.13. The van der Waals surface area contributed by atoms with Crippen molar-refractivity contribution in [2.45, 2.75) is 12.3 Å². The van der Waals surface area contributed by atoms with Crippen molar-refractivity contribution in [3.63, 3.8) is 0 Å². The highest BCUT2D eigenvalue weighted by molar-refractivity contribution is 6.33. The molecule has 0 saturated heterocycles. The summed E-state index contributed by atoms with van der Waals surface area (Å²) in [5.41, 5.74) is 0.886. The van der Waals surface area contributed by atoms with Crippen LogP contribution in [0, 0.1) is 0 Å². The summed E-state index contributed by atoms with van der Waals surface area (Å²) in [5.74, 6) is -0.223. The van der Waals surface area contributed by atoms with Crippen molar-refractivity contribution in [2.24, 2.45) is 0 Å². The van der Waals surface area contributed by atoms with Gasteiger partial charge in [-0.2, -0.15) is 0 Å². The van der Waals surface area contributed by atoms with Crippen LogP contribution < -0.4 is 5.43 Å². The fourth-order valence-electron chi connectivity index (χ4n) is 2.07. The first-order valence-electron chi connectivity index (χ1n) is 6.08. The zero-order valence-electron chi connectivity index (χ0n) is 10.6. The third kappa shape index (κ3) is 1.98. The summed E-state index contributed by atoms with van der Waals surface area (Å²) in [5, 5.41) is 0.110.